The van der Waals surface area contributed by atoms with E-state index in [1.807, 2.05) is 24.1 Å². The number of halogens is 1. The van der Waals surface area contributed by atoms with Gasteiger partial charge in [0.1, 0.15) is 5.82 Å². The number of nitrogens with zero attached hydrogens (tertiary/aromatic N) is 1. The van der Waals surface area contributed by atoms with E-state index in [-0.39, 0.29) is 5.82 Å². The zero-order chi connectivity index (χ0) is 11.4. The van der Waals surface area contributed by atoms with Gasteiger partial charge in [0.25, 0.3) is 0 Å². The van der Waals surface area contributed by atoms with Gasteiger partial charge in [-0.25, -0.2) is 4.39 Å². The van der Waals surface area contributed by atoms with Crippen LogP contribution in [0.15, 0.2) is 18.2 Å². The highest BCUT2D eigenvalue weighted by Crippen LogP contribution is 2.21. The number of anilines is 1. The normalized spacial score (nSPS) is 16.5. The minimum absolute atomic E-state index is 0.144. The summed E-state index contributed by atoms with van der Waals surface area (Å²) in [5.41, 5.74) is 1.65. The van der Waals surface area contributed by atoms with E-state index in [4.69, 9.17) is 4.74 Å². The van der Waals surface area contributed by atoms with Crippen LogP contribution in [0, 0.1) is 5.82 Å². The summed E-state index contributed by atoms with van der Waals surface area (Å²) in [5, 5.41) is 3.01. The average Bonchev–Trinajstić information content (AvgIpc) is 2.31. The first-order valence-electron chi connectivity index (χ1n) is 5.57. The van der Waals surface area contributed by atoms with Crippen molar-refractivity contribution in [3.05, 3.63) is 29.6 Å². The molecule has 88 valence electrons. The van der Waals surface area contributed by atoms with Crippen LogP contribution in [0.4, 0.5) is 10.1 Å². The Balaban J connectivity index is 2.14. The van der Waals surface area contributed by atoms with E-state index in [0.717, 1.165) is 18.7 Å². The number of morpholine rings is 1. The molecule has 0 spiro atoms. The van der Waals surface area contributed by atoms with Gasteiger partial charge in [-0.05, 0) is 24.7 Å². The summed E-state index contributed by atoms with van der Waals surface area (Å²) < 4.78 is 19.1. The average molecular weight is 224 g/mol. The molecule has 0 radical (unpaired) electrons. The third-order valence-electron chi connectivity index (χ3n) is 2.74. The van der Waals surface area contributed by atoms with Gasteiger partial charge in [-0.15, -0.1) is 0 Å². The number of benzene rings is 1. The second-order valence-corrected chi connectivity index (χ2v) is 3.92. The molecule has 0 bridgehead atoms. The molecule has 2 rings (SSSR count). The van der Waals surface area contributed by atoms with Crippen molar-refractivity contribution in [1.82, 2.24) is 5.32 Å². The molecular formula is C12H17FN2O. The Kier molecular flexibility index (Phi) is 3.74. The fraction of sp³-hybridized carbons (Fsp3) is 0.500. The summed E-state index contributed by atoms with van der Waals surface area (Å²) in [6, 6.07) is 5.42. The topological polar surface area (TPSA) is 24.5 Å². The lowest BCUT2D eigenvalue weighted by Gasteiger charge is -2.29. The third-order valence-corrected chi connectivity index (χ3v) is 2.74. The summed E-state index contributed by atoms with van der Waals surface area (Å²) in [5.74, 6) is -0.144. The van der Waals surface area contributed by atoms with Crippen molar-refractivity contribution in [2.24, 2.45) is 0 Å². The van der Waals surface area contributed by atoms with Crippen molar-refractivity contribution in [2.75, 3.05) is 38.3 Å². The predicted molar refractivity (Wildman–Crippen MR) is 62.2 cm³/mol. The Morgan fingerprint density at radius 1 is 1.38 bits per heavy atom. The first-order valence-corrected chi connectivity index (χ1v) is 5.57. The summed E-state index contributed by atoms with van der Waals surface area (Å²) in [7, 11) is 1.85. The maximum absolute atomic E-state index is 13.8. The van der Waals surface area contributed by atoms with Gasteiger partial charge in [0.05, 0.1) is 18.9 Å². The van der Waals surface area contributed by atoms with Gasteiger partial charge in [0.15, 0.2) is 0 Å². The Labute approximate surface area is 95.2 Å². The highest BCUT2D eigenvalue weighted by atomic mass is 19.1. The Morgan fingerprint density at radius 2 is 2.12 bits per heavy atom. The van der Waals surface area contributed by atoms with Crippen LogP contribution < -0.4 is 10.2 Å². The van der Waals surface area contributed by atoms with Gasteiger partial charge in [0, 0.05) is 19.6 Å². The van der Waals surface area contributed by atoms with Crippen LogP contribution in [0.2, 0.25) is 0 Å². The third kappa shape index (κ3) is 2.51. The molecule has 1 saturated heterocycles. The van der Waals surface area contributed by atoms with Crippen molar-refractivity contribution < 1.29 is 9.13 Å². The molecule has 16 heavy (non-hydrogen) atoms. The molecule has 1 N–H and O–H groups in total. The van der Waals surface area contributed by atoms with E-state index in [1.165, 1.54) is 0 Å². The maximum atomic E-state index is 13.8. The molecule has 4 heteroatoms. The molecule has 1 aromatic rings. The second kappa shape index (κ2) is 5.27. The quantitative estimate of drug-likeness (QED) is 0.839. The lowest BCUT2D eigenvalue weighted by Crippen LogP contribution is -2.36. The van der Waals surface area contributed by atoms with Crippen molar-refractivity contribution in [2.45, 2.75) is 6.54 Å². The summed E-state index contributed by atoms with van der Waals surface area (Å²) in [6.07, 6.45) is 0. The van der Waals surface area contributed by atoms with E-state index < -0.39 is 0 Å². The van der Waals surface area contributed by atoms with E-state index in [9.17, 15) is 4.39 Å². The lowest BCUT2D eigenvalue weighted by molar-refractivity contribution is 0.122. The van der Waals surface area contributed by atoms with Gasteiger partial charge in [-0.1, -0.05) is 6.07 Å². The molecule has 1 fully saturated rings. The number of hydrogen-bond donors (Lipinski definition) is 1. The van der Waals surface area contributed by atoms with E-state index in [1.54, 1.807) is 6.07 Å². The Bertz CT molecular complexity index is 351. The minimum Gasteiger partial charge on any atom is -0.378 e. The zero-order valence-electron chi connectivity index (χ0n) is 9.50. The molecule has 3 nitrogen and oxygen atoms in total. The molecule has 0 saturated carbocycles. The van der Waals surface area contributed by atoms with Gasteiger partial charge in [-0.2, -0.15) is 0 Å². The SMILES string of the molecule is CNCc1ccc(N2CCOCC2)c(F)c1. The smallest absolute Gasteiger partial charge is 0.146 e. The Hall–Kier alpha value is -1.13. The molecule has 1 aliphatic heterocycles. The largest absolute Gasteiger partial charge is 0.378 e. The Morgan fingerprint density at radius 3 is 2.75 bits per heavy atom. The number of rotatable bonds is 3. The molecule has 0 amide bonds. The van der Waals surface area contributed by atoms with Crippen molar-refractivity contribution in [3.63, 3.8) is 0 Å². The van der Waals surface area contributed by atoms with Gasteiger partial charge in [-0.3, -0.25) is 0 Å². The van der Waals surface area contributed by atoms with Crippen LogP contribution in [0.1, 0.15) is 5.56 Å². The monoisotopic (exact) mass is 224 g/mol. The van der Waals surface area contributed by atoms with E-state index in [0.29, 0.717) is 25.4 Å². The molecule has 1 aliphatic rings. The summed E-state index contributed by atoms with van der Waals surface area (Å²) in [6.45, 7) is 3.58. The van der Waals surface area contributed by atoms with Crippen LogP contribution in [0.25, 0.3) is 0 Å². The minimum atomic E-state index is -0.144. The predicted octanol–water partition coefficient (Wildman–Crippen LogP) is 1.38. The van der Waals surface area contributed by atoms with E-state index >= 15 is 0 Å². The fourth-order valence-corrected chi connectivity index (χ4v) is 1.93. The fourth-order valence-electron chi connectivity index (χ4n) is 1.93. The van der Waals surface area contributed by atoms with Crippen molar-refractivity contribution in [1.29, 1.82) is 0 Å². The van der Waals surface area contributed by atoms with E-state index in [2.05, 4.69) is 5.32 Å². The standard InChI is InChI=1S/C12H17FN2O/c1-14-9-10-2-3-12(11(13)8-10)15-4-6-16-7-5-15/h2-3,8,14H,4-7,9H2,1H3. The zero-order valence-corrected chi connectivity index (χ0v) is 9.50. The van der Waals surface area contributed by atoms with Gasteiger partial charge in [0.2, 0.25) is 0 Å². The number of nitrogens with one attached hydrogen (secondary N) is 1. The highest BCUT2D eigenvalue weighted by Gasteiger charge is 2.14. The molecule has 0 aliphatic carbocycles. The van der Waals surface area contributed by atoms with Crippen LogP contribution in [0.3, 0.4) is 0 Å². The molecule has 0 unspecified atom stereocenters. The van der Waals surface area contributed by atoms with Crippen LogP contribution >= 0.6 is 0 Å². The molecule has 1 heterocycles. The lowest BCUT2D eigenvalue weighted by atomic mass is 10.1. The van der Waals surface area contributed by atoms with Crippen LogP contribution in [-0.2, 0) is 11.3 Å². The summed E-state index contributed by atoms with van der Waals surface area (Å²) in [4.78, 5) is 2.03. The molecule has 1 aromatic carbocycles. The van der Waals surface area contributed by atoms with Crippen LogP contribution in [0.5, 0.6) is 0 Å². The first kappa shape index (κ1) is 11.4. The molecular weight excluding hydrogens is 207 g/mol. The van der Waals surface area contributed by atoms with Crippen molar-refractivity contribution >= 4 is 5.69 Å². The molecule has 0 aromatic heterocycles. The number of hydrogen-bond acceptors (Lipinski definition) is 3. The second-order valence-electron chi connectivity index (χ2n) is 3.92. The van der Waals surface area contributed by atoms with Crippen LogP contribution in [-0.4, -0.2) is 33.4 Å². The van der Waals surface area contributed by atoms with Gasteiger partial charge >= 0.3 is 0 Å². The first-order chi connectivity index (χ1) is 7.81. The summed E-state index contributed by atoms with van der Waals surface area (Å²) >= 11 is 0. The maximum Gasteiger partial charge on any atom is 0.146 e. The van der Waals surface area contributed by atoms with Crippen molar-refractivity contribution in [3.8, 4) is 0 Å². The molecule has 0 atom stereocenters. The highest BCUT2D eigenvalue weighted by molar-refractivity contribution is 5.49. The van der Waals surface area contributed by atoms with Gasteiger partial charge < -0.3 is 15.0 Å². The number of ether oxygens (including phenoxy) is 1.